The predicted molar refractivity (Wildman–Crippen MR) is 66.5 cm³/mol. The van der Waals surface area contributed by atoms with E-state index in [-0.39, 0.29) is 5.91 Å². The minimum atomic E-state index is -0.271. The van der Waals surface area contributed by atoms with E-state index in [2.05, 4.69) is 12.1 Å². The van der Waals surface area contributed by atoms with Crippen LogP contribution in [0.5, 0.6) is 0 Å². The molecular weight excluding hydrogens is 218 g/mol. The lowest BCUT2D eigenvalue weighted by molar-refractivity contribution is -0.117. The van der Waals surface area contributed by atoms with Crippen LogP contribution in [0.3, 0.4) is 0 Å². The van der Waals surface area contributed by atoms with Gasteiger partial charge in [0.2, 0.25) is 5.91 Å². The molecule has 1 aromatic heterocycles. The third-order valence-electron chi connectivity index (χ3n) is 2.41. The molecule has 0 bridgehead atoms. The Labute approximate surface area is 98.7 Å². The maximum absolute atomic E-state index is 10.9. The summed E-state index contributed by atoms with van der Waals surface area (Å²) in [6.45, 7) is 0. The first-order chi connectivity index (χ1) is 7.75. The molecule has 2 rings (SSSR count). The number of thiophene rings is 1. The molecule has 0 saturated heterocycles. The van der Waals surface area contributed by atoms with E-state index in [1.54, 1.807) is 11.3 Å². The number of hydrogen-bond donors (Lipinski definition) is 1. The molecule has 0 unspecified atom stereocenters. The van der Waals surface area contributed by atoms with Crippen LogP contribution < -0.4 is 5.73 Å². The van der Waals surface area contributed by atoms with E-state index in [0.29, 0.717) is 6.42 Å². The van der Waals surface area contributed by atoms with Gasteiger partial charge in [-0.1, -0.05) is 30.3 Å². The molecule has 0 aliphatic rings. The molecule has 0 spiro atoms. The quantitative estimate of drug-likeness (QED) is 0.862. The van der Waals surface area contributed by atoms with Gasteiger partial charge < -0.3 is 5.73 Å². The van der Waals surface area contributed by atoms with Gasteiger partial charge in [-0.3, -0.25) is 4.79 Å². The molecule has 0 radical (unpaired) electrons. The zero-order chi connectivity index (χ0) is 11.4. The molecule has 0 aliphatic carbocycles. The summed E-state index contributed by atoms with van der Waals surface area (Å²) >= 11 is 1.68. The predicted octanol–water partition coefficient (Wildman–Crippen LogP) is 2.37. The van der Waals surface area contributed by atoms with Crippen LogP contribution in [-0.2, 0) is 17.6 Å². The van der Waals surface area contributed by atoms with Gasteiger partial charge in [-0.2, -0.15) is 0 Å². The number of carbonyl (C=O) groups excluding carboxylic acids is 1. The van der Waals surface area contributed by atoms with Crippen molar-refractivity contribution in [2.24, 2.45) is 5.73 Å². The first-order valence-corrected chi connectivity index (χ1v) is 6.01. The molecule has 0 saturated carbocycles. The monoisotopic (exact) mass is 231 g/mol. The second-order valence-electron chi connectivity index (χ2n) is 3.67. The summed E-state index contributed by atoms with van der Waals surface area (Å²) in [7, 11) is 0. The van der Waals surface area contributed by atoms with Crippen molar-refractivity contribution in [2.75, 3.05) is 0 Å². The molecule has 0 atom stereocenters. The Morgan fingerprint density at radius 2 is 1.94 bits per heavy atom. The van der Waals surface area contributed by atoms with Crippen molar-refractivity contribution in [2.45, 2.75) is 12.8 Å². The number of amides is 1. The first-order valence-electron chi connectivity index (χ1n) is 5.13. The Bertz CT molecular complexity index is 476. The molecule has 1 amide bonds. The molecule has 3 heteroatoms. The molecule has 2 nitrogen and oxygen atoms in total. The van der Waals surface area contributed by atoms with Crippen LogP contribution in [0.4, 0.5) is 0 Å². The Hall–Kier alpha value is -1.61. The van der Waals surface area contributed by atoms with Gasteiger partial charge in [0.05, 0.1) is 6.42 Å². The Kier molecular flexibility index (Phi) is 3.37. The van der Waals surface area contributed by atoms with E-state index < -0.39 is 0 Å². The molecule has 16 heavy (non-hydrogen) atoms. The van der Waals surface area contributed by atoms with Crippen molar-refractivity contribution in [3.63, 3.8) is 0 Å². The van der Waals surface area contributed by atoms with E-state index >= 15 is 0 Å². The van der Waals surface area contributed by atoms with Crippen molar-refractivity contribution >= 4 is 17.2 Å². The van der Waals surface area contributed by atoms with Gasteiger partial charge in [-0.25, -0.2) is 0 Å². The highest BCUT2D eigenvalue weighted by molar-refractivity contribution is 7.10. The summed E-state index contributed by atoms with van der Waals surface area (Å²) in [5.74, 6) is -0.271. The van der Waals surface area contributed by atoms with Gasteiger partial charge in [0.1, 0.15) is 0 Å². The normalized spacial score (nSPS) is 10.2. The Morgan fingerprint density at radius 3 is 2.62 bits per heavy atom. The second-order valence-corrected chi connectivity index (χ2v) is 4.68. The van der Waals surface area contributed by atoms with Crippen LogP contribution in [0.25, 0.3) is 0 Å². The summed E-state index contributed by atoms with van der Waals surface area (Å²) in [6, 6.07) is 12.2. The number of nitrogens with two attached hydrogens (primary N) is 1. The van der Waals surface area contributed by atoms with E-state index in [9.17, 15) is 4.79 Å². The van der Waals surface area contributed by atoms with Crippen LogP contribution in [-0.4, -0.2) is 5.91 Å². The van der Waals surface area contributed by atoms with Crippen LogP contribution in [0.2, 0.25) is 0 Å². The average molecular weight is 231 g/mol. The lowest BCUT2D eigenvalue weighted by Crippen LogP contribution is -2.14. The van der Waals surface area contributed by atoms with Crippen molar-refractivity contribution in [3.8, 4) is 0 Å². The topological polar surface area (TPSA) is 43.1 Å². The Balaban J connectivity index is 2.16. The molecule has 2 aromatic rings. The minimum Gasteiger partial charge on any atom is -0.369 e. The highest BCUT2D eigenvalue weighted by Gasteiger charge is 2.07. The molecule has 1 aromatic carbocycles. The van der Waals surface area contributed by atoms with Gasteiger partial charge in [-0.15, -0.1) is 11.3 Å². The zero-order valence-corrected chi connectivity index (χ0v) is 9.67. The van der Waals surface area contributed by atoms with E-state index in [1.165, 1.54) is 10.4 Å². The largest absolute Gasteiger partial charge is 0.369 e. The third kappa shape index (κ3) is 2.70. The van der Waals surface area contributed by atoms with Crippen molar-refractivity contribution in [3.05, 3.63) is 57.8 Å². The minimum absolute atomic E-state index is 0.271. The summed E-state index contributed by atoms with van der Waals surface area (Å²) in [6.07, 6.45) is 1.22. The standard InChI is InChI=1S/C13H13NOS/c14-13(15)9-11-6-7-16-12(11)8-10-4-2-1-3-5-10/h1-7H,8-9H2,(H2,14,15). The van der Waals surface area contributed by atoms with Gasteiger partial charge in [0.15, 0.2) is 0 Å². The van der Waals surface area contributed by atoms with Crippen LogP contribution in [0.1, 0.15) is 16.0 Å². The lowest BCUT2D eigenvalue weighted by atomic mass is 10.1. The molecule has 0 fully saturated rings. The second kappa shape index (κ2) is 4.94. The number of carbonyl (C=O) groups is 1. The van der Waals surface area contributed by atoms with Crippen LogP contribution >= 0.6 is 11.3 Å². The number of primary amides is 1. The maximum Gasteiger partial charge on any atom is 0.221 e. The summed E-state index contributed by atoms with van der Waals surface area (Å²) in [4.78, 5) is 12.1. The van der Waals surface area contributed by atoms with Crippen molar-refractivity contribution in [1.29, 1.82) is 0 Å². The van der Waals surface area contributed by atoms with Crippen molar-refractivity contribution in [1.82, 2.24) is 0 Å². The zero-order valence-electron chi connectivity index (χ0n) is 8.85. The van der Waals surface area contributed by atoms with Gasteiger partial charge in [0, 0.05) is 11.3 Å². The van der Waals surface area contributed by atoms with E-state index in [1.807, 2.05) is 29.6 Å². The van der Waals surface area contributed by atoms with Gasteiger partial charge >= 0.3 is 0 Å². The molecular formula is C13H13NOS. The maximum atomic E-state index is 10.9. The third-order valence-corrected chi connectivity index (χ3v) is 3.37. The first kappa shape index (κ1) is 10.9. The lowest BCUT2D eigenvalue weighted by Gasteiger charge is -2.02. The Morgan fingerprint density at radius 1 is 1.19 bits per heavy atom. The summed E-state index contributed by atoms with van der Waals surface area (Å²) in [5.41, 5.74) is 7.53. The fourth-order valence-electron chi connectivity index (χ4n) is 1.65. The number of rotatable bonds is 4. The number of hydrogen-bond acceptors (Lipinski definition) is 2. The van der Waals surface area contributed by atoms with E-state index in [0.717, 1.165) is 12.0 Å². The number of benzene rings is 1. The summed E-state index contributed by atoms with van der Waals surface area (Å²) < 4.78 is 0. The van der Waals surface area contributed by atoms with Crippen molar-refractivity contribution < 1.29 is 4.79 Å². The molecule has 82 valence electrons. The highest BCUT2D eigenvalue weighted by Crippen LogP contribution is 2.21. The molecule has 1 heterocycles. The smallest absolute Gasteiger partial charge is 0.221 e. The fraction of sp³-hybridized carbons (Fsp3) is 0.154. The van der Waals surface area contributed by atoms with Crippen LogP contribution in [0.15, 0.2) is 41.8 Å². The highest BCUT2D eigenvalue weighted by atomic mass is 32.1. The average Bonchev–Trinajstić information content (AvgIpc) is 2.66. The van der Waals surface area contributed by atoms with E-state index in [4.69, 9.17) is 5.73 Å². The van der Waals surface area contributed by atoms with Crippen LogP contribution in [0, 0.1) is 0 Å². The van der Waals surface area contributed by atoms with Gasteiger partial charge in [-0.05, 0) is 22.6 Å². The molecule has 0 aliphatic heterocycles. The van der Waals surface area contributed by atoms with Gasteiger partial charge in [0.25, 0.3) is 0 Å². The fourth-order valence-corrected chi connectivity index (χ4v) is 2.59. The SMILES string of the molecule is NC(=O)Cc1ccsc1Cc1ccccc1. The summed E-state index contributed by atoms with van der Waals surface area (Å²) in [5, 5.41) is 2.01. The molecule has 2 N–H and O–H groups in total.